The zero-order chi connectivity index (χ0) is 47.4. The molecule has 1 heterocycles. The fourth-order valence-corrected chi connectivity index (χ4v) is 13.1. The minimum Gasteiger partial charge on any atom is -0.455 e. The first kappa shape index (κ1) is 40.6. The Hall–Kier alpha value is -9.24. The monoisotopic (exact) mass is 915 g/mol. The van der Waals surface area contributed by atoms with Gasteiger partial charge in [-0.25, -0.2) is 0 Å². The Balaban J connectivity index is 0.965. The number of benzene rings is 12. The van der Waals surface area contributed by atoms with Crippen LogP contribution in [0.15, 0.2) is 273 Å². The second-order valence-corrected chi connectivity index (χ2v) is 19.4. The van der Waals surface area contributed by atoms with Gasteiger partial charge in [-0.05, 0) is 108 Å². The Bertz CT molecular complexity index is 4010. The molecule has 0 saturated carbocycles. The summed E-state index contributed by atoms with van der Waals surface area (Å²) in [6.07, 6.45) is 0. The number of hydrogen-bond acceptors (Lipinski definition) is 2. The van der Waals surface area contributed by atoms with Crippen LogP contribution in [0.5, 0.6) is 11.5 Å². The van der Waals surface area contributed by atoms with Gasteiger partial charge in [0.15, 0.2) is 0 Å². The zero-order valence-electron chi connectivity index (χ0n) is 39.3. The van der Waals surface area contributed by atoms with Crippen LogP contribution in [0.1, 0.15) is 44.5 Å². The lowest BCUT2D eigenvalue weighted by molar-refractivity contribution is 0.447. The molecule has 0 fully saturated rings. The third-order valence-corrected chi connectivity index (χ3v) is 16.0. The smallest absolute Gasteiger partial charge is 0.140 e. The number of fused-ring (bicyclic) bond motifs is 16. The summed E-state index contributed by atoms with van der Waals surface area (Å²) < 4.78 is 7.29. The normalized spacial score (nSPS) is 13.9. The van der Waals surface area contributed by atoms with Crippen molar-refractivity contribution < 1.29 is 4.74 Å². The zero-order valence-corrected chi connectivity index (χ0v) is 39.3. The van der Waals surface area contributed by atoms with Crippen LogP contribution >= 0.6 is 0 Å². The topological polar surface area (TPSA) is 12.5 Å². The molecule has 2 heteroatoms. The third-order valence-electron chi connectivity index (χ3n) is 16.0. The van der Waals surface area contributed by atoms with E-state index >= 15 is 0 Å². The minimum absolute atomic E-state index is 0.486. The molecule has 0 bridgehead atoms. The molecule has 0 N–H and O–H groups in total. The molecule has 1 aliphatic heterocycles. The van der Waals surface area contributed by atoms with Crippen molar-refractivity contribution in [2.45, 2.75) is 10.8 Å². The Labute approximate surface area is 419 Å². The maximum atomic E-state index is 7.29. The Kier molecular flexibility index (Phi) is 8.82. The molecule has 336 valence electrons. The highest BCUT2D eigenvalue weighted by atomic mass is 16.5. The van der Waals surface area contributed by atoms with Gasteiger partial charge in [0.25, 0.3) is 0 Å². The van der Waals surface area contributed by atoms with Crippen molar-refractivity contribution in [2.75, 3.05) is 4.90 Å². The summed E-state index contributed by atoms with van der Waals surface area (Å²) in [6.45, 7) is 0. The van der Waals surface area contributed by atoms with Crippen molar-refractivity contribution in [1.29, 1.82) is 0 Å². The van der Waals surface area contributed by atoms with Crippen molar-refractivity contribution in [3.63, 3.8) is 0 Å². The number of hydrogen-bond donors (Lipinski definition) is 0. The quantitative estimate of drug-likeness (QED) is 0.165. The van der Waals surface area contributed by atoms with Gasteiger partial charge in [0.2, 0.25) is 0 Å². The molecule has 12 aromatic rings. The molecule has 0 atom stereocenters. The Morgan fingerprint density at radius 1 is 0.278 bits per heavy atom. The molecule has 0 radical (unpaired) electrons. The predicted molar refractivity (Wildman–Crippen MR) is 296 cm³/mol. The van der Waals surface area contributed by atoms with Crippen LogP contribution < -0.4 is 9.64 Å². The van der Waals surface area contributed by atoms with E-state index in [2.05, 4.69) is 278 Å². The average molecular weight is 916 g/mol. The van der Waals surface area contributed by atoms with Crippen molar-refractivity contribution in [3.8, 4) is 44.9 Å². The van der Waals surface area contributed by atoms with Gasteiger partial charge < -0.3 is 9.64 Å². The molecule has 0 saturated heterocycles. The largest absolute Gasteiger partial charge is 0.455 e. The van der Waals surface area contributed by atoms with E-state index in [4.69, 9.17) is 4.74 Å². The maximum absolute atomic E-state index is 7.29. The summed E-state index contributed by atoms with van der Waals surface area (Å²) in [7, 11) is 0. The molecule has 0 amide bonds. The maximum Gasteiger partial charge on any atom is 0.140 e. The van der Waals surface area contributed by atoms with Crippen LogP contribution in [0, 0.1) is 0 Å². The van der Waals surface area contributed by atoms with Gasteiger partial charge in [0.05, 0.1) is 16.5 Å². The highest BCUT2D eigenvalue weighted by Gasteiger charge is 2.52. The lowest BCUT2D eigenvalue weighted by Gasteiger charge is -2.40. The minimum atomic E-state index is -0.662. The molecule has 0 unspecified atom stereocenters. The molecule has 2 nitrogen and oxygen atoms in total. The van der Waals surface area contributed by atoms with Crippen molar-refractivity contribution in [1.82, 2.24) is 0 Å². The van der Waals surface area contributed by atoms with Crippen molar-refractivity contribution >= 4 is 38.6 Å². The molecular formula is C70H45NO. The van der Waals surface area contributed by atoms with Gasteiger partial charge in [0, 0.05) is 38.8 Å². The average Bonchev–Trinajstić information content (AvgIpc) is 3.91. The van der Waals surface area contributed by atoms with Crippen molar-refractivity contribution in [2.24, 2.45) is 0 Å². The summed E-state index contributed by atoms with van der Waals surface area (Å²) in [4.78, 5) is 2.46. The van der Waals surface area contributed by atoms with E-state index in [-0.39, 0.29) is 0 Å². The fourth-order valence-electron chi connectivity index (χ4n) is 13.1. The second kappa shape index (κ2) is 15.6. The summed E-state index contributed by atoms with van der Waals surface area (Å²) >= 11 is 0. The van der Waals surface area contributed by atoms with Gasteiger partial charge in [-0.2, -0.15) is 0 Å². The molecule has 3 aliphatic rings. The number of para-hydroxylation sites is 2. The van der Waals surface area contributed by atoms with E-state index in [1.165, 1.54) is 55.6 Å². The van der Waals surface area contributed by atoms with Crippen LogP contribution in [-0.4, -0.2) is 0 Å². The highest BCUT2D eigenvalue weighted by molar-refractivity contribution is 6.01. The Morgan fingerprint density at radius 2 is 0.750 bits per heavy atom. The summed E-state index contributed by atoms with van der Waals surface area (Å²) in [6, 6.07) is 101. The number of anilines is 3. The van der Waals surface area contributed by atoms with Crippen LogP contribution in [0.3, 0.4) is 0 Å². The van der Waals surface area contributed by atoms with Crippen LogP contribution in [0.2, 0.25) is 0 Å². The first-order chi connectivity index (χ1) is 35.7. The third kappa shape index (κ3) is 5.55. The van der Waals surface area contributed by atoms with Gasteiger partial charge >= 0.3 is 0 Å². The standard InChI is InChI=1S/C70H45NO/c1-4-22-49(23-5-1)69(50-24-6-2-7-25-50)60-33-17-15-32-57(60)59-45-52(39-43-62(59)69)71(51-26-8-3-9-27-51)66-35-19-16-28-53(66)48-36-40-58-56-31-14-18-34-61(56)70(65(58)44-48)63-41-37-46-20-10-12-29-54(46)67(63)72-68-55-30-13-11-21-47(55)38-42-64(68)70/h1-45H. The molecule has 1 spiro atoms. The summed E-state index contributed by atoms with van der Waals surface area (Å²) in [5.41, 5.74) is 19.3. The van der Waals surface area contributed by atoms with Crippen LogP contribution in [-0.2, 0) is 10.8 Å². The first-order valence-electron chi connectivity index (χ1n) is 25.0. The SMILES string of the molecule is c1ccc(N(c2ccc3c(c2)-c2ccccc2C3(c2ccccc2)c2ccccc2)c2ccccc2-c2ccc3c(c2)C2(c4ccccc4-3)c3ccc4ccccc4c3Oc3c2ccc2ccccc32)cc1. The van der Waals surface area contributed by atoms with E-state index in [1.54, 1.807) is 0 Å². The number of rotatable bonds is 6. The summed E-state index contributed by atoms with van der Waals surface area (Å²) in [5, 5.41) is 4.54. The molecule has 12 aromatic carbocycles. The predicted octanol–water partition coefficient (Wildman–Crippen LogP) is 18.0. The van der Waals surface area contributed by atoms with Gasteiger partial charge in [-0.1, -0.05) is 237 Å². The molecule has 0 aromatic heterocycles. The first-order valence-corrected chi connectivity index (χ1v) is 25.0. The second-order valence-electron chi connectivity index (χ2n) is 19.4. The van der Waals surface area contributed by atoms with E-state index in [0.717, 1.165) is 72.4 Å². The highest BCUT2D eigenvalue weighted by Crippen LogP contribution is 2.65. The van der Waals surface area contributed by atoms with E-state index < -0.39 is 10.8 Å². The summed E-state index contributed by atoms with van der Waals surface area (Å²) in [5.74, 6) is 1.84. The van der Waals surface area contributed by atoms with Gasteiger partial charge in [0.1, 0.15) is 11.5 Å². The lowest BCUT2D eigenvalue weighted by atomic mass is 9.65. The lowest BCUT2D eigenvalue weighted by Crippen LogP contribution is -2.32. The molecule has 15 rings (SSSR count). The van der Waals surface area contributed by atoms with E-state index in [0.29, 0.717) is 0 Å². The van der Waals surface area contributed by atoms with Crippen LogP contribution in [0.4, 0.5) is 17.1 Å². The Morgan fingerprint density at radius 3 is 1.39 bits per heavy atom. The fraction of sp³-hybridized carbons (Fsp3) is 0.0286. The van der Waals surface area contributed by atoms with Gasteiger partial charge in [-0.15, -0.1) is 0 Å². The van der Waals surface area contributed by atoms with Gasteiger partial charge in [-0.3, -0.25) is 0 Å². The van der Waals surface area contributed by atoms with Crippen LogP contribution in [0.25, 0.3) is 54.9 Å². The van der Waals surface area contributed by atoms with E-state index in [9.17, 15) is 0 Å². The molecule has 2 aliphatic carbocycles. The number of ether oxygens (including phenoxy) is 1. The molecule has 72 heavy (non-hydrogen) atoms. The van der Waals surface area contributed by atoms with E-state index in [1.807, 2.05) is 0 Å². The number of nitrogens with zero attached hydrogens (tertiary/aromatic N) is 1. The van der Waals surface area contributed by atoms with Crippen molar-refractivity contribution in [3.05, 3.63) is 317 Å². The molecular weight excluding hydrogens is 871 g/mol.